The SMILES string of the molecule is CC(C)C1C=C(Br)C=C2Sc3cc(Br)ccc3N=C21. The van der Waals surface area contributed by atoms with Gasteiger partial charge in [0.1, 0.15) is 0 Å². The van der Waals surface area contributed by atoms with Crippen molar-refractivity contribution in [1.29, 1.82) is 0 Å². The molecular weight excluding hydrogens is 386 g/mol. The molecule has 0 N–H and O–H groups in total. The van der Waals surface area contributed by atoms with Crippen LogP contribution >= 0.6 is 43.6 Å². The van der Waals surface area contributed by atoms with Crippen molar-refractivity contribution in [1.82, 2.24) is 0 Å². The Hall–Kier alpha value is -0.320. The molecule has 0 saturated heterocycles. The van der Waals surface area contributed by atoms with Gasteiger partial charge in [-0.2, -0.15) is 0 Å². The van der Waals surface area contributed by atoms with Crippen molar-refractivity contribution in [2.45, 2.75) is 18.7 Å². The molecule has 19 heavy (non-hydrogen) atoms. The smallest absolute Gasteiger partial charge is 0.0773 e. The van der Waals surface area contributed by atoms with Gasteiger partial charge in [0, 0.05) is 24.7 Å². The van der Waals surface area contributed by atoms with Gasteiger partial charge in [0.05, 0.1) is 11.4 Å². The number of hydrogen-bond acceptors (Lipinski definition) is 2. The molecule has 0 fully saturated rings. The molecule has 1 atom stereocenters. The average Bonchev–Trinajstić information content (AvgIpc) is 2.35. The molecule has 1 aromatic rings. The highest BCUT2D eigenvalue weighted by Gasteiger charge is 2.29. The van der Waals surface area contributed by atoms with Crippen LogP contribution in [0.4, 0.5) is 5.69 Å². The molecule has 1 aliphatic heterocycles. The highest BCUT2D eigenvalue weighted by atomic mass is 79.9. The van der Waals surface area contributed by atoms with Crippen LogP contribution in [0.15, 0.2) is 54.1 Å². The van der Waals surface area contributed by atoms with E-state index < -0.39 is 0 Å². The number of thioether (sulfide) groups is 1. The summed E-state index contributed by atoms with van der Waals surface area (Å²) < 4.78 is 2.26. The lowest BCUT2D eigenvalue weighted by Crippen LogP contribution is -2.23. The van der Waals surface area contributed by atoms with Crippen LogP contribution in [0.3, 0.4) is 0 Å². The molecule has 1 aliphatic carbocycles. The summed E-state index contributed by atoms with van der Waals surface area (Å²) in [6, 6.07) is 6.27. The molecule has 0 saturated carbocycles. The van der Waals surface area contributed by atoms with Crippen LogP contribution in [0.2, 0.25) is 0 Å². The Morgan fingerprint density at radius 3 is 2.79 bits per heavy atom. The van der Waals surface area contributed by atoms with Crippen LogP contribution in [-0.2, 0) is 0 Å². The summed E-state index contributed by atoms with van der Waals surface area (Å²) in [7, 11) is 0. The molecule has 0 radical (unpaired) electrons. The first kappa shape index (κ1) is 13.7. The Balaban J connectivity index is 2.12. The van der Waals surface area contributed by atoms with Crippen molar-refractivity contribution >= 4 is 55.0 Å². The number of hydrogen-bond donors (Lipinski definition) is 0. The zero-order chi connectivity index (χ0) is 13.6. The van der Waals surface area contributed by atoms with Gasteiger partial charge in [-0.1, -0.05) is 63.5 Å². The predicted octanol–water partition coefficient (Wildman–Crippen LogP) is 6.08. The summed E-state index contributed by atoms with van der Waals surface area (Å²) in [5.74, 6) is 0.936. The molecule has 1 unspecified atom stereocenters. The number of aliphatic imine (C=N–C) groups is 1. The van der Waals surface area contributed by atoms with Crippen LogP contribution in [0, 0.1) is 11.8 Å². The van der Waals surface area contributed by atoms with E-state index in [9.17, 15) is 0 Å². The Labute approximate surface area is 134 Å². The summed E-state index contributed by atoms with van der Waals surface area (Å²) in [6.45, 7) is 4.49. The van der Waals surface area contributed by atoms with Crippen molar-refractivity contribution in [3.63, 3.8) is 0 Å². The summed E-state index contributed by atoms with van der Waals surface area (Å²) in [5, 5.41) is 0. The molecule has 1 nitrogen and oxygen atoms in total. The second-order valence-corrected chi connectivity index (χ2v) is 7.96. The van der Waals surface area contributed by atoms with Crippen molar-refractivity contribution in [2.75, 3.05) is 0 Å². The monoisotopic (exact) mass is 397 g/mol. The quantitative estimate of drug-likeness (QED) is 0.558. The number of nitrogens with zero attached hydrogens (tertiary/aromatic N) is 1. The largest absolute Gasteiger partial charge is 0.250 e. The third kappa shape index (κ3) is 2.63. The van der Waals surface area contributed by atoms with E-state index in [4.69, 9.17) is 4.99 Å². The first-order valence-corrected chi connectivity index (χ1v) is 8.60. The van der Waals surface area contributed by atoms with E-state index in [0.29, 0.717) is 11.8 Å². The Morgan fingerprint density at radius 1 is 1.26 bits per heavy atom. The Kier molecular flexibility index (Phi) is 3.76. The van der Waals surface area contributed by atoms with E-state index in [1.54, 1.807) is 0 Å². The van der Waals surface area contributed by atoms with Gasteiger partial charge in [0.2, 0.25) is 0 Å². The number of allylic oxidation sites excluding steroid dienone is 4. The zero-order valence-electron chi connectivity index (χ0n) is 10.7. The fraction of sp³-hybridized carbons (Fsp3) is 0.267. The molecule has 98 valence electrons. The Morgan fingerprint density at radius 2 is 2.05 bits per heavy atom. The molecule has 2 aliphatic rings. The minimum Gasteiger partial charge on any atom is -0.250 e. The van der Waals surface area contributed by atoms with Crippen LogP contribution in [0.1, 0.15) is 13.8 Å². The summed E-state index contributed by atoms with van der Waals surface area (Å²) in [6.07, 6.45) is 4.43. The van der Waals surface area contributed by atoms with E-state index in [-0.39, 0.29) is 0 Å². The maximum absolute atomic E-state index is 4.89. The summed E-state index contributed by atoms with van der Waals surface area (Å²) in [5.41, 5.74) is 2.29. The van der Waals surface area contributed by atoms with E-state index in [0.717, 1.165) is 14.6 Å². The topological polar surface area (TPSA) is 12.4 Å². The van der Waals surface area contributed by atoms with E-state index in [1.807, 2.05) is 11.8 Å². The maximum Gasteiger partial charge on any atom is 0.0773 e. The molecule has 1 aromatic carbocycles. The van der Waals surface area contributed by atoms with Crippen LogP contribution in [0.5, 0.6) is 0 Å². The van der Waals surface area contributed by atoms with Crippen molar-refractivity contribution in [3.05, 3.63) is 44.2 Å². The molecule has 1 heterocycles. The van der Waals surface area contributed by atoms with Crippen molar-refractivity contribution in [3.8, 4) is 0 Å². The number of fused-ring (bicyclic) bond motifs is 2. The minimum absolute atomic E-state index is 0.388. The number of benzene rings is 1. The standard InChI is InChI=1S/C15H13Br2NS/c1-8(2)11-5-10(17)7-14-15(11)18-12-4-3-9(16)6-13(12)19-14/h3-8,11H,1-2H3. The predicted molar refractivity (Wildman–Crippen MR) is 90.5 cm³/mol. The second-order valence-electron chi connectivity index (χ2n) is 5.04. The molecule has 4 heteroatoms. The molecule has 0 aromatic heterocycles. The van der Waals surface area contributed by atoms with Gasteiger partial charge < -0.3 is 0 Å². The van der Waals surface area contributed by atoms with Gasteiger partial charge in [0.15, 0.2) is 0 Å². The van der Waals surface area contributed by atoms with Crippen LogP contribution in [-0.4, -0.2) is 5.71 Å². The third-order valence-corrected chi connectivity index (χ3v) is 5.36. The molecule has 0 bridgehead atoms. The van der Waals surface area contributed by atoms with Crippen molar-refractivity contribution < 1.29 is 0 Å². The number of rotatable bonds is 1. The van der Waals surface area contributed by atoms with Gasteiger partial charge in [0.25, 0.3) is 0 Å². The lowest BCUT2D eigenvalue weighted by Gasteiger charge is -2.28. The highest BCUT2D eigenvalue weighted by Crippen LogP contribution is 2.46. The molecule has 0 spiro atoms. The van der Waals surface area contributed by atoms with E-state index in [2.05, 4.69) is 76.1 Å². The Bertz CT molecular complexity index is 629. The van der Waals surface area contributed by atoms with Gasteiger partial charge in [-0.3, -0.25) is 4.99 Å². The average molecular weight is 399 g/mol. The summed E-state index contributed by atoms with van der Waals surface area (Å²) >= 11 is 8.95. The third-order valence-electron chi connectivity index (χ3n) is 3.28. The first-order valence-electron chi connectivity index (χ1n) is 6.20. The zero-order valence-corrected chi connectivity index (χ0v) is 14.6. The van der Waals surface area contributed by atoms with Gasteiger partial charge in [-0.15, -0.1) is 0 Å². The molecule has 0 amide bonds. The van der Waals surface area contributed by atoms with Crippen LogP contribution < -0.4 is 0 Å². The lowest BCUT2D eigenvalue weighted by molar-refractivity contribution is 0.576. The van der Waals surface area contributed by atoms with Gasteiger partial charge >= 0.3 is 0 Å². The van der Waals surface area contributed by atoms with Crippen molar-refractivity contribution in [2.24, 2.45) is 16.8 Å². The minimum atomic E-state index is 0.388. The lowest BCUT2D eigenvalue weighted by atomic mass is 9.87. The van der Waals surface area contributed by atoms with Gasteiger partial charge in [-0.25, -0.2) is 0 Å². The maximum atomic E-state index is 4.89. The number of halogens is 2. The fourth-order valence-corrected chi connectivity index (χ4v) is 4.58. The normalized spacial score (nSPS) is 21.3. The van der Waals surface area contributed by atoms with E-state index >= 15 is 0 Å². The van der Waals surface area contributed by atoms with E-state index in [1.165, 1.54) is 15.5 Å². The fourth-order valence-electron chi connectivity index (χ4n) is 2.29. The highest BCUT2D eigenvalue weighted by molar-refractivity contribution is 9.12. The molecule has 3 rings (SSSR count). The molecular formula is C15H13Br2NS. The second kappa shape index (κ2) is 5.23. The summed E-state index contributed by atoms with van der Waals surface area (Å²) in [4.78, 5) is 7.37. The van der Waals surface area contributed by atoms with Gasteiger partial charge in [-0.05, 0) is 30.2 Å². The van der Waals surface area contributed by atoms with Crippen LogP contribution in [0.25, 0.3) is 0 Å². The first-order chi connectivity index (χ1) is 9.04.